The highest BCUT2D eigenvalue weighted by atomic mass is 16.4. The van der Waals surface area contributed by atoms with Crippen LogP contribution < -0.4 is 0 Å². The zero-order valence-electron chi connectivity index (χ0n) is 14.5. The number of hydrogen-bond donors (Lipinski definition) is 1. The molecule has 3 rings (SSSR count). The van der Waals surface area contributed by atoms with Crippen LogP contribution in [0.25, 0.3) is 0 Å². The number of carboxylic acids is 1. The Balaban J connectivity index is 1.69. The van der Waals surface area contributed by atoms with Crippen molar-refractivity contribution in [3.05, 3.63) is 35.9 Å². The van der Waals surface area contributed by atoms with Crippen molar-refractivity contribution >= 4 is 17.8 Å². The molecule has 1 aromatic rings. The fraction of sp³-hybridized carbons (Fsp3) is 0.526. The normalized spacial score (nSPS) is 22.9. The van der Waals surface area contributed by atoms with Crippen molar-refractivity contribution in [3.8, 4) is 0 Å². The van der Waals surface area contributed by atoms with Gasteiger partial charge in [0.15, 0.2) is 0 Å². The summed E-state index contributed by atoms with van der Waals surface area (Å²) in [7, 11) is 0. The van der Waals surface area contributed by atoms with Gasteiger partial charge in [-0.2, -0.15) is 0 Å². The van der Waals surface area contributed by atoms with Crippen LogP contribution in [0.5, 0.6) is 0 Å². The molecule has 0 saturated carbocycles. The van der Waals surface area contributed by atoms with Crippen molar-refractivity contribution in [3.63, 3.8) is 0 Å². The maximum absolute atomic E-state index is 12.7. The van der Waals surface area contributed by atoms with Gasteiger partial charge in [-0.25, -0.2) is 0 Å². The third kappa shape index (κ3) is 3.13. The molecule has 0 spiro atoms. The van der Waals surface area contributed by atoms with Crippen molar-refractivity contribution in [1.29, 1.82) is 0 Å². The van der Waals surface area contributed by atoms with Crippen LogP contribution in [-0.4, -0.2) is 58.9 Å². The average Bonchev–Trinajstić information content (AvgIpc) is 3.02. The summed E-state index contributed by atoms with van der Waals surface area (Å²) < 4.78 is 0. The van der Waals surface area contributed by atoms with Gasteiger partial charge in [0.1, 0.15) is 0 Å². The van der Waals surface area contributed by atoms with Gasteiger partial charge in [0, 0.05) is 32.6 Å². The molecule has 0 aromatic heterocycles. The van der Waals surface area contributed by atoms with Crippen LogP contribution in [0.15, 0.2) is 30.3 Å². The van der Waals surface area contributed by atoms with Crippen LogP contribution in [0.3, 0.4) is 0 Å². The molecule has 6 heteroatoms. The van der Waals surface area contributed by atoms with E-state index in [0.29, 0.717) is 39.0 Å². The lowest BCUT2D eigenvalue weighted by Gasteiger charge is -2.40. The van der Waals surface area contributed by atoms with Gasteiger partial charge >= 0.3 is 5.97 Å². The minimum Gasteiger partial charge on any atom is -0.481 e. The molecular weight excluding hydrogens is 320 g/mol. The molecule has 2 amide bonds. The Kier molecular flexibility index (Phi) is 4.79. The minimum absolute atomic E-state index is 0.0173. The first kappa shape index (κ1) is 17.5. The molecule has 0 bridgehead atoms. The number of amides is 2. The zero-order valence-corrected chi connectivity index (χ0v) is 14.5. The summed E-state index contributed by atoms with van der Waals surface area (Å²) in [5.41, 5.74) is -0.137. The molecule has 1 aromatic carbocycles. The lowest BCUT2D eigenvalue weighted by Crippen LogP contribution is -2.50. The van der Waals surface area contributed by atoms with Crippen molar-refractivity contribution in [2.75, 3.05) is 26.2 Å². The quantitative estimate of drug-likeness (QED) is 0.898. The van der Waals surface area contributed by atoms with E-state index in [4.69, 9.17) is 0 Å². The predicted molar refractivity (Wildman–Crippen MR) is 91.9 cm³/mol. The lowest BCUT2D eigenvalue weighted by atomic mass is 9.72. The fourth-order valence-corrected chi connectivity index (χ4v) is 3.99. The van der Waals surface area contributed by atoms with E-state index in [2.05, 4.69) is 0 Å². The summed E-state index contributed by atoms with van der Waals surface area (Å²) in [4.78, 5) is 40.0. The summed E-state index contributed by atoms with van der Waals surface area (Å²) in [5.74, 6) is -1.11. The highest BCUT2D eigenvalue weighted by molar-refractivity contribution is 5.89. The van der Waals surface area contributed by atoms with E-state index >= 15 is 0 Å². The SMILES string of the molecule is CCN1C[C@@H](C(=O)N2CCC(C(=O)O)(c3ccccc3)CC2)CC1=O. The second kappa shape index (κ2) is 6.86. The second-order valence-corrected chi connectivity index (χ2v) is 6.91. The first-order valence-corrected chi connectivity index (χ1v) is 8.83. The van der Waals surface area contributed by atoms with Crippen LogP contribution in [0.1, 0.15) is 31.7 Å². The molecule has 0 unspecified atom stereocenters. The molecule has 1 N–H and O–H groups in total. The van der Waals surface area contributed by atoms with Gasteiger partial charge in [-0.05, 0) is 25.3 Å². The summed E-state index contributed by atoms with van der Waals surface area (Å²) in [5, 5.41) is 9.83. The van der Waals surface area contributed by atoms with E-state index in [1.165, 1.54) is 0 Å². The number of carbonyl (C=O) groups excluding carboxylic acids is 2. The van der Waals surface area contributed by atoms with E-state index in [1.807, 2.05) is 37.3 Å². The van der Waals surface area contributed by atoms with Gasteiger partial charge in [-0.15, -0.1) is 0 Å². The number of carboxylic acid groups (broad SMARTS) is 1. The highest BCUT2D eigenvalue weighted by Crippen LogP contribution is 2.36. The standard InChI is InChI=1S/C19H24N2O4/c1-2-20-13-14(12-16(20)22)17(23)21-10-8-19(9-11-21,18(24)25)15-6-4-3-5-7-15/h3-7,14H,2,8-13H2,1H3,(H,24,25)/t14-/m0/s1. The molecule has 0 aliphatic carbocycles. The molecule has 134 valence electrons. The van der Waals surface area contributed by atoms with Crippen LogP contribution in [0, 0.1) is 5.92 Å². The number of carbonyl (C=O) groups is 3. The monoisotopic (exact) mass is 344 g/mol. The average molecular weight is 344 g/mol. The topological polar surface area (TPSA) is 77.9 Å². The van der Waals surface area contributed by atoms with E-state index < -0.39 is 11.4 Å². The van der Waals surface area contributed by atoms with Crippen LogP contribution in [-0.2, 0) is 19.8 Å². The molecular formula is C19H24N2O4. The fourth-order valence-electron chi connectivity index (χ4n) is 3.99. The lowest BCUT2D eigenvalue weighted by molar-refractivity contribution is -0.149. The largest absolute Gasteiger partial charge is 0.481 e. The Morgan fingerprint density at radius 1 is 1.20 bits per heavy atom. The molecule has 2 heterocycles. The molecule has 2 fully saturated rings. The third-order valence-electron chi connectivity index (χ3n) is 5.61. The van der Waals surface area contributed by atoms with Gasteiger partial charge in [0.05, 0.1) is 11.3 Å². The van der Waals surface area contributed by atoms with E-state index in [1.54, 1.807) is 9.80 Å². The smallest absolute Gasteiger partial charge is 0.314 e. The van der Waals surface area contributed by atoms with Gasteiger partial charge < -0.3 is 14.9 Å². The van der Waals surface area contributed by atoms with Crippen molar-refractivity contribution in [2.45, 2.75) is 31.6 Å². The number of piperidine rings is 1. The molecule has 1 atom stereocenters. The number of rotatable bonds is 4. The molecule has 2 aliphatic rings. The summed E-state index contributed by atoms with van der Waals surface area (Å²) in [6.45, 7) is 3.84. The Bertz CT molecular complexity index is 665. The molecule has 2 saturated heterocycles. The van der Waals surface area contributed by atoms with Crippen LogP contribution in [0.4, 0.5) is 0 Å². The summed E-state index contributed by atoms with van der Waals surface area (Å²) in [6, 6.07) is 9.26. The number of aliphatic carboxylic acids is 1. The zero-order chi connectivity index (χ0) is 18.0. The van der Waals surface area contributed by atoms with E-state index in [9.17, 15) is 19.5 Å². The van der Waals surface area contributed by atoms with E-state index in [-0.39, 0.29) is 24.2 Å². The predicted octanol–water partition coefficient (Wildman–Crippen LogP) is 1.50. The number of nitrogens with zero attached hydrogens (tertiary/aromatic N) is 2. The Hall–Kier alpha value is -2.37. The molecule has 6 nitrogen and oxygen atoms in total. The summed E-state index contributed by atoms with van der Waals surface area (Å²) in [6.07, 6.45) is 1.07. The van der Waals surface area contributed by atoms with Gasteiger partial charge in [-0.3, -0.25) is 14.4 Å². The Labute approximate surface area is 147 Å². The number of hydrogen-bond acceptors (Lipinski definition) is 3. The minimum atomic E-state index is -0.932. The Morgan fingerprint density at radius 3 is 2.36 bits per heavy atom. The summed E-state index contributed by atoms with van der Waals surface area (Å²) >= 11 is 0. The molecule has 25 heavy (non-hydrogen) atoms. The van der Waals surface area contributed by atoms with Gasteiger partial charge in [-0.1, -0.05) is 30.3 Å². The molecule has 2 aliphatic heterocycles. The van der Waals surface area contributed by atoms with Gasteiger partial charge in [0.25, 0.3) is 0 Å². The van der Waals surface area contributed by atoms with Crippen molar-refractivity contribution in [2.24, 2.45) is 5.92 Å². The maximum atomic E-state index is 12.7. The second-order valence-electron chi connectivity index (χ2n) is 6.91. The third-order valence-corrected chi connectivity index (χ3v) is 5.61. The van der Waals surface area contributed by atoms with Gasteiger partial charge in [0.2, 0.25) is 11.8 Å². The van der Waals surface area contributed by atoms with Crippen LogP contribution in [0.2, 0.25) is 0 Å². The highest BCUT2D eigenvalue weighted by Gasteiger charge is 2.45. The van der Waals surface area contributed by atoms with Crippen molar-refractivity contribution < 1.29 is 19.5 Å². The molecule has 0 radical (unpaired) electrons. The maximum Gasteiger partial charge on any atom is 0.314 e. The van der Waals surface area contributed by atoms with E-state index in [0.717, 1.165) is 5.56 Å². The Morgan fingerprint density at radius 2 is 1.84 bits per heavy atom. The number of benzene rings is 1. The first-order chi connectivity index (χ1) is 12.0. The number of likely N-dealkylation sites (tertiary alicyclic amines) is 2. The van der Waals surface area contributed by atoms with Crippen LogP contribution >= 0.6 is 0 Å². The first-order valence-electron chi connectivity index (χ1n) is 8.83. The van der Waals surface area contributed by atoms with Crippen molar-refractivity contribution in [1.82, 2.24) is 9.80 Å².